The van der Waals surface area contributed by atoms with E-state index >= 15 is 0 Å². The monoisotopic (exact) mass is 492 g/mol. The van der Waals surface area contributed by atoms with Crippen LogP contribution in [0.15, 0.2) is 41.3 Å². The molecule has 178 valence electrons. The lowest BCUT2D eigenvalue weighted by Gasteiger charge is -2.34. The number of aliphatic hydroxyl groups excluding tert-OH is 1. The molecular formula is C24H29ClN2O5S. The molecule has 0 saturated heterocycles. The molecule has 0 radical (unpaired) electrons. The van der Waals surface area contributed by atoms with Crippen LogP contribution in [-0.4, -0.2) is 43.5 Å². The molecule has 0 spiro atoms. The smallest absolute Gasteiger partial charge is 0.265 e. The van der Waals surface area contributed by atoms with Crippen molar-refractivity contribution in [1.29, 1.82) is 0 Å². The van der Waals surface area contributed by atoms with Gasteiger partial charge in [-0.1, -0.05) is 43.9 Å². The Labute approximate surface area is 199 Å². The highest BCUT2D eigenvalue weighted by Gasteiger charge is 2.36. The number of ketones is 1. The van der Waals surface area contributed by atoms with Crippen LogP contribution in [0.4, 0.5) is 5.82 Å². The summed E-state index contributed by atoms with van der Waals surface area (Å²) in [4.78, 5) is 17.5. The minimum absolute atomic E-state index is 0.0220. The molecule has 2 heterocycles. The number of carbonyl (C=O) groups excluding carboxylic acids is 1. The maximum Gasteiger partial charge on any atom is 0.265 e. The Morgan fingerprint density at radius 2 is 2.00 bits per heavy atom. The van der Waals surface area contributed by atoms with E-state index in [2.05, 4.69) is 4.98 Å². The zero-order valence-electron chi connectivity index (χ0n) is 18.6. The van der Waals surface area contributed by atoms with Gasteiger partial charge in [0.15, 0.2) is 11.6 Å². The number of ether oxygens (including phenoxy) is 1. The normalized spacial score (nSPS) is 20.1. The van der Waals surface area contributed by atoms with Gasteiger partial charge in [0.1, 0.15) is 11.9 Å². The first-order valence-electron chi connectivity index (χ1n) is 11.4. The number of carbonyl (C=O) groups is 1. The van der Waals surface area contributed by atoms with E-state index in [0.29, 0.717) is 16.6 Å². The summed E-state index contributed by atoms with van der Waals surface area (Å²) in [6.07, 6.45) is 5.12. The van der Waals surface area contributed by atoms with Gasteiger partial charge in [-0.15, -0.1) is 0 Å². The van der Waals surface area contributed by atoms with Crippen molar-refractivity contribution in [3.63, 3.8) is 0 Å². The number of anilines is 1. The SMILES string of the molecule is C[C@H](C(=O)Cc1ccc2c(n1)N(S(=O)(=O)c1cccc(Cl)c1)C[C@H](CO)O2)C1CCCCC1. The van der Waals surface area contributed by atoms with Crippen molar-refractivity contribution in [1.82, 2.24) is 4.98 Å². The fourth-order valence-corrected chi connectivity index (χ4v) is 6.39. The molecule has 1 aromatic heterocycles. The van der Waals surface area contributed by atoms with Gasteiger partial charge in [-0.2, -0.15) is 0 Å². The molecule has 0 bridgehead atoms. The van der Waals surface area contributed by atoms with E-state index in [1.807, 2.05) is 6.92 Å². The van der Waals surface area contributed by atoms with E-state index in [1.54, 1.807) is 24.3 Å². The van der Waals surface area contributed by atoms with Gasteiger partial charge in [-0.05, 0) is 49.1 Å². The third-order valence-electron chi connectivity index (χ3n) is 6.60. The predicted octanol–water partition coefficient (Wildman–Crippen LogP) is 4.01. The first-order chi connectivity index (χ1) is 15.8. The molecule has 1 saturated carbocycles. The summed E-state index contributed by atoms with van der Waals surface area (Å²) in [5.74, 6) is 0.836. The van der Waals surface area contributed by atoms with Gasteiger partial charge in [0.25, 0.3) is 10.0 Å². The number of hydrogen-bond donors (Lipinski definition) is 1. The van der Waals surface area contributed by atoms with Crippen molar-refractivity contribution in [2.75, 3.05) is 17.5 Å². The lowest BCUT2D eigenvalue weighted by atomic mass is 9.78. The Morgan fingerprint density at radius 3 is 2.70 bits per heavy atom. The molecule has 1 aliphatic carbocycles. The van der Waals surface area contributed by atoms with Gasteiger partial charge in [0.05, 0.1) is 23.7 Å². The molecular weight excluding hydrogens is 464 g/mol. The molecule has 0 unspecified atom stereocenters. The quantitative estimate of drug-likeness (QED) is 0.627. The van der Waals surface area contributed by atoms with E-state index in [1.165, 1.54) is 31.4 Å². The molecule has 1 N–H and O–H groups in total. The van der Waals surface area contributed by atoms with Crippen LogP contribution in [0, 0.1) is 11.8 Å². The molecule has 2 aromatic rings. The number of fused-ring (bicyclic) bond motifs is 1. The maximum absolute atomic E-state index is 13.4. The van der Waals surface area contributed by atoms with Gasteiger partial charge in [-0.3, -0.25) is 4.79 Å². The summed E-state index contributed by atoms with van der Waals surface area (Å²) in [6.45, 7) is 1.54. The third kappa shape index (κ3) is 5.18. The number of halogens is 1. The number of aromatic nitrogens is 1. The van der Waals surface area contributed by atoms with Crippen LogP contribution in [-0.2, 0) is 21.2 Å². The largest absolute Gasteiger partial charge is 0.482 e. The summed E-state index contributed by atoms with van der Waals surface area (Å²) in [5.41, 5.74) is 0.499. The van der Waals surface area contributed by atoms with Crippen LogP contribution in [0.5, 0.6) is 5.75 Å². The second-order valence-corrected chi connectivity index (χ2v) is 11.2. The van der Waals surface area contributed by atoms with Gasteiger partial charge in [0.2, 0.25) is 0 Å². The highest BCUT2D eigenvalue weighted by Crippen LogP contribution is 2.36. The van der Waals surface area contributed by atoms with Crippen molar-refractivity contribution in [3.05, 3.63) is 47.1 Å². The first-order valence-corrected chi connectivity index (χ1v) is 13.2. The zero-order valence-corrected chi connectivity index (χ0v) is 20.2. The van der Waals surface area contributed by atoms with Crippen LogP contribution in [0.3, 0.4) is 0 Å². The number of sulfonamides is 1. The Kier molecular flexibility index (Phi) is 7.26. The van der Waals surface area contributed by atoms with Gasteiger partial charge in [0, 0.05) is 17.4 Å². The van der Waals surface area contributed by atoms with Crippen LogP contribution >= 0.6 is 11.6 Å². The Bertz CT molecular complexity index is 1120. The standard InChI is InChI=1S/C24H29ClN2O5S/c1-16(17-6-3-2-4-7-17)22(29)13-19-10-11-23-24(26-19)27(14-20(15-28)32-23)33(30,31)21-9-5-8-18(25)12-21/h5,8-12,16-17,20,28H,2-4,6-7,13-15H2,1H3/t16-,20+/m0/s1. The van der Waals surface area contributed by atoms with E-state index in [9.17, 15) is 18.3 Å². The van der Waals surface area contributed by atoms with Gasteiger partial charge in [-0.25, -0.2) is 17.7 Å². The molecule has 33 heavy (non-hydrogen) atoms. The number of hydrogen-bond acceptors (Lipinski definition) is 6. The fraction of sp³-hybridized carbons (Fsp3) is 0.500. The maximum atomic E-state index is 13.4. The summed E-state index contributed by atoms with van der Waals surface area (Å²) < 4.78 is 33.7. The second kappa shape index (κ2) is 9.99. The number of aliphatic hydroxyl groups is 1. The second-order valence-electron chi connectivity index (χ2n) is 8.87. The highest BCUT2D eigenvalue weighted by molar-refractivity contribution is 7.92. The third-order valence-corrected chi connectivity index (χ3v) is 8.59. The molecule has 4 rings (SSSR count). The summed E-state index contributed by atoms with van der Waals surface area (Å²) in [7, 11) is -4.01. The van der Waals surface area contributed by atoms with Crippen molar-refractivity contribution < 1.29 is 23.1 Å². The van der Waals surface area contributed by atoms with Gasteiger partial charge >= 0.3 is 0 Å². The molecule has 9 heteroatoms. The van der Waals surface area contributed by atoms with Crippen molar-refractivity contribution >= 4 is 33.2 Å². The number of benzene rings is 1. The lowest BCUT2D eigenvalue weighted by molar-refractivity contribution is -0.123. The average molecular weight is 493 g/mol. The first kappa shape index (κ1) is 24.0. The van der Waals surface area contributed by atoms with Crippen molar-refractivity contribution in [2.24, 2.45) is 11.8 Å². The molecule has 1 aliphatic heterocycles. The van der Waals surface area contributed by atoms with E-state index in [0.717, 1.165) is 17.1 Å². The summed E-state index contributed by atoms with van der Waals surface area (Å²) >= 11 is 6.02. The summed E-state index contributed by atoms with van der Waals surface area (Å²) in [5, 5.41) is 9.94. The number of nitrogens with zero attached hydrogens (tertiary/aromatic N) is 2. The molecule has 2 aliphatic rings. The number of rotatable bonds is 7. The minimum Gasteiger partial charge on any atom is -0.482 e. The topological polar surface area (TPSA) is 96.8 Å². The Hall–Kier alpha value is -2.16. The molecule has 7 nitrogen and oxygen atoms in total. The number of Topliss-reactive ketones (excluding diaryl/α,β-unsaturated/α-hetero) is 1. The Morgan fingerprint density at radius 1 is 1.24 bits per heavy atom. The molecule has 1 aromatic carbocycles. The van der Waals surface area contributed by atoms with E-state index < -0.39 is 16.1 Å². The zero-order chi connectivity index (χ0) is 23.6. The highest BCUT2D eigenvalue weighted by atomic mass is 35.5. The van der Waals surface area contributed by atoms with E-state index in [-0.39, 0.29) is 47.7 Å². The average Bonchev–Trinajstić information content (AvgIpc) is 2.83. The Balaban J connectivity index is 1.63. The van der Waals surface area contributed by atoms with Gasteiger partial charge < -0.3 is 9.84 Å². The lowest BCUT2D eigenvalue weighted by Crippen LogP contribution is -2.45. The predicted molar refractivity (Wildman–Crippen MR) is 126 cm³/mol. The summed E-state index contributed by atoms with van der Waals surface area (Å²) in [6, 6.07) is 9.31. The van der Waals surface area contributed by atoms with Crippen LogP contribution < -0.4 is 9.04 Å². The fourth-order valence-electron chi connectivity index (χ4n) is 4.63. The molecule has 0 amide bonds. The minimum atomic E-state index is -4.01. The number of pyridine rings is 1. The molecule has 1 fully saturated rings. The van der Waals surface area contributed by atoms with E-state index in [4.69, 9.17) is 16.3 Å². The van der Waals surface area contributed by atoms with Crippen LogP contribution in [0.2, 0.25) is 5.02 Å². The van der Waals surface area contributed by atoms with Crippen LogP contribution in [0.25, 0.3) is 0 Å². The van der Waals surface area contributed by atoms with Crippen molar-refractivity contribution in [2.45, 2.75) is 56.4 Å². The van der Waals surface area contributed by atoms with Crippen LogP contribution in [0.1, 0.15) is 44.7 Å². The van der Waals surface area contributed by atoms with Crippen molar-refractivity contribution in [3.8, 4) is 5.75 Å². The molecule has 2 atom stereocenters.